The van der Waals surface area contributed by atoms with Gasteiger partial charge < -0.3 is 10.3 Å². The summed E-state index contributed by atoms with van der Waals surface area (Å²) < 4.78 is 1.86. The lowest BCUT2D eigenvalue weighted by molar-refractivity contribution is 0.0992. The highest BCUT2D eigenvalue weighted by Gasteiger charge is 2.16. The number of fused-ring (bicyclic) bond motifs is 1. The molecule has 4 heteroatoms. The molecular weight excluding hydrogens is 224 g/mol. The summed E-state index contributed by atoms with van der Waals surface area (Å²) in [4.78, 5) is 11.3. The highest BCUT2D eigenvalue weighted by Crippen LogP contribution is 2.26. The predicted octanol–water partition coefficient (Wildman–Crippen LogP) is 2.32. The molecular formula is C12H15ClN2O. The van der Waals surface area contributed by atoms with Crippen LogP contribution in [0.4, 0.5) is 0 Å². The van der Waals surface area contributed by atoms with Gasteiger partial charge in [0.25, 0.3) is 5.91 Å². The van der Waals surface area contributed by atoms with Gasteiger partial charge >= 0.3 is 0 Å². The van der Waals surface area contributed by atoms with E-state index in [1.165, 1.54) is 5.56 Å². The SMILES string of the molecule is Cc1cccc2c1c(C)c(C(N)=O)n2C.Cl. The van der Waals surface area contributed by atoms with Crippen molar-refractivity contribution in [2.24, 2.45) is 12.8 Å². The summed E-state index contributed by atoms with van der Waals surface area (Å²) in [6.45, 7) is 3.98. The normalized spacial score (nSPS) is 10.2. The van der Waals surface area contributed by atoms with E-state index in [1.54, 1.807) is 0 Å². The molecule has 0 aliphatic rings. The van der Waals surface area contributed by atoms with Gasteiger partial charge in [-0.25, -0.2) is 0 Å². The molecule has 16 heavy (non-hydrogen) atoms. The molecule has 2 rings (SSSR count). The summed E-state index contributed by atoms with van der Waals surface area (Å²) >= 11 is 0. The second-order valence-corrected chi connectivity index (χ2v) is 3.87. The summed E-state index contributed by atoms with van der Waals surface area (Å²) in [5, 5.41) is 1.13. The first kappa shape index (κ1) is 12.6. The van der Waals surface area contributed by atoms with Gasteiger partial charge in [-0.1, -0.05) is 12.1 Å². The molecule has 1 aromatic carbocycles. The van der Waals surface area contributed by atoms with Crippen molar-refractivity contribution in [2.45, 2.75) is 13.8 Å². The average Bonchev–Trinajstić information content (AvgIpc) is 2.40. The molecule has 0 atom stereocenters. The lowest BCUT2D eigenvalue weighted by Crippen LogP contribution is -2.16. The van der Waals surface area contributed by atoms with Crippen LogP contribution in [-0.4, -0.2) is 10.5 Å². The number of benzene rings is 1. The monoisotopic (exact) mass is 238 g/mol. The first-order valence-corrected chi connectivity index (χ1v) is 4.88. The van der Waals surface area contributed by atoms with Crippen LogP contribution in [0.3, 0.4) is 0 Å². The third-order valence-corrected chi connectivity index (χ3v) is 2.91. The first-order chi connectivity index (χ1) is 7.04. The first-order valence-electron chi connectivity index (χ1n) is 4.88. The van der Waals surface area contributed by atoms with Gasteiger partial charge in [-0.05, 0) is 31.0 Å². The molecule has 0 radical (unpaired) electrons. The van der Waals surface area contributed by atoms with E-state index >= 15 is 0 Å². The molecule has 0 aliphatic heterocycles. The Labute approximate surface area is 101 Å². The Morgan fingerprint density at radius 3 is 2.44 bits per heavy atom. The lowest BCUT2D eigenvalue weighted by atomic mass is 10.1. The van der Waals surface area contributed by atoms with Crippen LogP contribution >= 0.6 is 12.4 Å². The zero-order valence-electron chi connectivity index (χ0n) is 9.57. The van der Waals surface area contributed by atoms with E-state index in [4.69, 9.17) is 5.73 Å². The zero-order chi connectivity index (χ0) is 11.2. The summed E-state index contributed by atoms with van der Waals surface area (Å²) in [6.07, 6.45) is 0. The minimum absolute atomic E-state index is 0. The van der Waals surface area contributed by atoms with E-state index in [0.717, 1.165) is 16.5 Å². The van der Waals surface area contributed by atoms with E-state index in [2.05, 4.69) is 0 Å². The van der Waals surface area contributed by atoms with Gasteiger partial charge in [-0.15, -0.1) is 12.4 Å². The molecule has 0 unspecified atom stereocenters. The maximum atomic E-state index is 11.3. The van der Waals surface area contributed by atoms with Gasteiger partial charge in [0.05, 0.1) is 0 Å². The molecule has 86 valence electrons. The quantitative estimate of drug-likeness (QED) is 0.814. The van der Waals surface area contributed by atoms with Crippen molar-refractivity contribution >= 4 is 29.2 Å². The predicted molar refractivity (Wildman–Crippen MR) is 68.2 cm³/mol. The number of primary amides is 1. The van der Waals surface area contributed by atoms with E-state index in [1.807, 2.05) is 43.7 Å². The van der Waals surface area contributed by atoms with Crippen LogP contribution in [0, 0.1) is 13.8 Å². The number of rotatable bonds is 1. The molecule has 0 fully saturated rings. The van der Waals surface area contributed by atoms with Gasteiger partial charge in [0.2, 0.25) is 0 Å². The molecule has 1 amide bonds. The van der Waals surface area contributed by atoms with E-state index < -0.39 is 0 Å². The summed E-state index contributed by atoms with van der Waals surface area (Å²) in [7, 11) is 1.87. The fourth-order valence-corrected chi connectivity index (χ4v) is 2.26. The Kier molecular flexibility index (Phi) is 3.29. The van der Waals surface area contributed by atoms with Crippen molar-refractivity contribution in [1.29, 1.82) is 0 Å². The van der Waals surface area contributed by atoms with Crippen molar-refractivity contribution in [3.63, 3.8) is 0 Å². The van der Waals surface area contributed by atoms with Gasteiger partial charge in [-0.3, -0.25) is 4.79 Å². The van der Waals surface area contributed by atoms with E-state index in [9.17, 15) is 4.79 Å². The molecule has 0 aliphatic carbocycles. The number of aryl methyl sites for hydroxylation is 3. The number of carbonyl (C=O) groups is 1. The Hall–Kier alpha value is -1.48. The number of aromatic nitrogens is 1. The van der Waals surface area contributed by atoms with Gasteiger partial charge in [-0.2, -0.15) is 0 Å². The van der Waals surface area contributed by atoms with Crippen molar-refractivity contribution in [2.75, 3.05) is 0 Å². The molecule has 3 nitrogen and oxygen atoms in total. The number of nitrogens with two attached hydrogens (primary N) is 1. The number of hydrogen-bond acceptors (Lipinski definition) is 1. The third kappa shape index (κ3) is 1.57. The smallest absolute Gasteiger partial charge is 0.265 e. The van der Waals surface area contributed by atoms with Gasteiger partial charge in [0.15, 0.2) is 0 Å². The van der Waals surface area contributed by atoms with Crippen LogP contribution in [0.1, 0.15) is 21.6 Å². The number of hydrogen-bond donors (Lipinski definition) is 1. The molecule has 0 saturated carbocycles. The molecule has 0 bridgehead atoms. The number of carbonyl (C=O) groups excluding carboxylic acids is 1. The number of nitrogens with zero attached hydrogens (tertiary/aromatic N) is 1. The third-order valence-electron chi connectivity index (χ3n) is 2.91. The second-order valence-electron chi connectivity index (χ2n) is 3.87. The van der Waals surface area contributed by atoms with Crippen LogP contribution in [0.15, 0.2) is 18.2 Å². The largest absolute Gasteiger partial charge is 0.364 e. The van der Waals surface area contributed by atoms with Crippen LogP contribution in [0.2, 0.25) is 0 Å². The molecule has 1 heterocycles. The molecule has 2 aromatic rings. The zero-order valence-corrected chi connectivity index (χ0v) is 10.4. The topological polar surface area (TPSA) is 48.0 Å². The maximum absolute atomic E-state index is 11.3. The van der Waals surface area contributed by atoms with Crippen LogP contribution in [-0.2, 0) is 7.05 Å². The summed E-state index contributed by atoms with van der Waals surface area (Å²) in [6, 6.07) is 6.03. The van der Waals surface area contributed by atoms with Gasteiger partial charge in [0.1, 0.15) is 5.69 Å². The summed E-state index contributed by atoms with van der Waals surface area (Å²) in [5.41, 5.74) is 9.17. The van der Waals surface area contributed by atoms with Crippen LogP contribution in [0.25, 0.3) is 10.9 Å². The van der Waals surface area contributed by atoms with Crippen molar-refractivity contribution in [3.05, 3.63) is 35.0 Å². The lowest BCUT2D eigenvalue weighted by Gasteiger charge is -1.99. The molecule has 1 aromatic heterocycles. The van der Waals surface area contributed by atoms with Gasteiger partial charge in [0, 0.05) is 18.0 Å². The standard InChI is InChI=1S/C12H14N2O.ClH/c1-7-5-4-6-9-10(7)8(2)11(12(13)15)14(9)3;/h4-6H,1-3H3,(H2,13,15);1H. The maximum Gasteiger partial charge on any atom is 0.265 e. The Balaban J connectivity index is 0.00000128. The minimum Gasteiger partial charge on any atom is -0.364 e. The average molecular weight is 239 g/mol. The fraction of sp³-hybridized carbons (Fsp3) is 0.250. The molecule has 0 saturated heterocycles. The molecule has 0 spiro atoms. The minimum atomic E-state index is -0.370. The van der Waals surface area contributed by atoms with Crippen LogP contribution in [0.5, 0.6) is 0 Å². The number of amides is 1. The van der Waals surface area contributed by atoms with E-state index in [0.29, 0.717) is 5.69 Å². The highest BCUT2D eigenvalue weighted by atomic mass is 35.5. The number of halogens is 1. The Morgan fingerprint density at radius 2 is 1.94 bits per heavy atom. The van der Waals surface area contributed by atoms with E-state index in [-0.39, 0.29) is 18.3 Å². The molecule has 2 N–H and O–H groups in total. The Morgan fingerprint density at radius 1 is 1.31 bits per heavy atom. The van der Waals surface area contributed by atoms with Crippen molar-refractivity contribution < 1.29 is 4.79 Å². The fourth-order valence-electron chi connectivity index (χ4n) is 2.26. The second kappa shape index (κ2) is 4.18. The van der Waals surface area contributed by atoms with Crippen LogP contribution < -0.4 is 5.73 Å². The highest BCUT2D eigenvalue weighted by molar-refractivity contribution is 6.01. The van der Waals surface area contributed by atoms with Crippen molar-refractivity contribution in [3.8, 4) is 0 Å². The Bertz CT molecular complexity index is 558. The summed E-state index contributed by atoms with van der Waals surface area (Å²) in [5.74, 6) is -0.370. The van der Waals surface area contributed by atoms with Crippen molar-refractivity contribution in [1.82, 2.24) is 4.57 Å².